The van der Waals surface area contributed by atoms with E-state index in [4.69, 9.17) is 4.74 Å². The van der Waals surface area contributed by atoms with Gasteiger partial charge in [-0.15, -0.1) is 0 Å². The number of hydrogen-bond acceptors (Lipinski definition) is 6. The number of fused-ring (bicyclic) bond motifs is 2. The van der Waals surface area contributed by atoms with Crippen molar-refractivity contribution >= 4 is 17.5 Å². The molecular formula is C32H31FN6O3. The summed E-state index contributed by atoms with van der Waals surface area (Å²) in [7, 11) is 0. The highest BCUT2D eigenvalue weighted by atomic mass is 19.1. The van der Waals surface area contributed by atoms with E-state index in [9.17, 15) is 9.59 Å². The molecule has 9 nitrogen and oxygen atoms in total. The zero-order chi connectivity index (χ0) is 29.4. The molecule has 5 aromatic rings. The Kier molecular flexibility index (Phi) is 7.28. The van der Waals surface area contributed by atoms with Crippen molar-refractivity contribution in [1.29, 1.82) is 0 Å². The van der Waals surface area contributed by atoms with Gasteiger partial charge in [-0.1, -0.05) is 13.0 Å². The first-order valence-corrected chi connectivity index (χ1v) is 14.2. The summed E-state index contributed by atoms with van der Waals surface area (Å²) in [6.07, 6.45) is 4.95. The minimum Gasteiger partial charge on any atom is -0.462 e. The Morgan fingerprint density at radius 2 is 1.90 bits per heavy atom. The van der Waals surface area contributed by atoms with E-state index in [1.165, 1.54) is 12.3 Å². The summed E-state index contributed by atoms with van der Waals surface area (Å²) in [6.45, 7) is 7.55. The van der Waals surface area contributed by atoms with Crippen molar-refractivity contribution < 1.29 is 18.7 Å². The summed E-state index contributed by atoms with van der Waals surface area (Å²) < 4.78 is 24.3. The maximum atomic E-state index is 15.4. The van der Waals surface area contributed by atoms with E-state index in [2.05, 4.69) is 31.9 Å². The number of benzene rings is 1. The Morgan fingerprint density at radius 3 is 2.64 bits per heavy atom. The highest BCUT2D eigenvalue weighted by molar-refractivity contribution is 5.93. The second-order valence-electron chi connectivity index (χ2n) is 10.3. The molecule has 0 N–H and O–H groups in total. The van der Waals surface area contributed by atoms with Crippen molar-refractivity contribution in [3.63, 3.8) is 0 Å². The summed E-state index contributed by atoms with van der Waals surface area (Å²) in [5.74, 6) is -1.05. The molecule has 0 saturated carbocycles. The highest BCUT2D eigenvalue weighted by Gasteiger charge is 2.28. The van der Waals surface area contributed by atoms with Gasteiger partial charge in [0.05, 0.1) is 29.6 Å². The molecule has 214 valence electrons. The third-order valence-corrected chi connectivity index (χ3v) is 7.72. The molecule has 42 heavy (non-hydrogen) atoms. The maximum Gasteiger partial charge on any atom is 0.339 e. The first-order valence-electron chi connectivity index (χ1n) is 14.2. The van der Waals surface area contributed by atoms with Gasteiger partial charge in [0.1, 0.15) is 11.5 Å². The molecule has 0 saturated heterocycles. The van der Waals surface area contributed by atoms with Gasteiger partial charge in [0.15, 0.2) is 5.65 Å². The number of nitrogens with zero attached hydrogens (tertiary/aromatic N) is 6. The Bertz CT molecular complexity index is 1790. The minimum absolute atomic E-state index is 0.0814. The van der Waals surface area contributed by atoms with E-state index in [0.29, 0.717) is 52.4 Å². The third kappa shape index (κ3) is 4.93. The quantitative estimate of drug-likeness (QED) is 0.243. The molecule has 10 heteroatoms. The van der Waals surface area contributed by atoms with Crippen LogP contribution in [0.4, 0.5) is 4.39 Å². The molecule has 4 aromatic heterocycles. The Balaban J connectivity index is 1.30. The van der Waals surface area contributed by atoms with E-state index in [1.807, 2.05) is 24.8 Å². The lowest BCUT2D eigenvalue weighted by molar-refractivity contribution is 0.0525. The van der Waals surface area contributed by atoms with Crippen molar-refractivity contribution in [3.05, 3.63) is 95.5 Å². The predicted octanol–water partition coefficient (Wildman–Crippen LogP) is 5.75. The largest absolute Gasteiger partial charge is 0.462 e. The van der Waals surface area contributed by atoms with Gasteiger partial charge in [0.2, 0.25) is 0 Å². The topological polar surface area (TPSA) is 94.6 Å². The van der Waals surface area contributed by atoms with E-state index < -0.39 is 11.8 Å². The van der Waals surface area contributed by atoms with Crippen molar-refractivity contribution in [2.24, 2.45) is 0 Å². The maximum absolute atomic E-state index is 15.4. The van der Waals surface area contributed by atoms with Crippen molar-refractivity contribution in [1.82, 2.24) is 29.0 Å². The minimum atomic E-state index is -0.470. The number of pyridine rings is 1. The molecular weight excluding hydrogens is 535 g/mol. The molecule has 1 amide bonds. The SMILES string of the molecule is CCOC(=O)c1ccc(-c2ccc(-c3cc4nc(C(=O)N5CCCn6cccc6C5C)cc(CC)n4n3)c(F)c2)nc1. The molecule has 6 rings (SSSR count). The summed E-state index contributed by atoms with van der Waals surface area (Å²) in [6, 6.07) is 15.5. The smallest absolute Gasteiger partial charge is 0.339 e. The molecule has 1 aliphatic heterocycles. The lowest BCUT2D eigenvalue weighted by Gasteiger charge is -2.27. The monoisotopic (exact) mass is 566 g/mol. The van der Waals surface area contributed by atoms with Gasteiger partial charge in [0.25, 0.3) is 5.91 Å². The van der Waals surface area contributed by atoms with Gasteiger partial charge in [-0.2, -0.15) is 5.10 Å². The van der Waals surface area contributed by atoms with Crippen molar-refractivity contribution in [2.75, 3.05) is 13.2 Å². The van der Waals surface area contributed by atoms with Gasteiger partial charge < -0.3 is 14.2 Å². The average molecular weight is 567 g/mol. The number of aromatic nitrogens is 5. The van der Waals surface area contributed by atoms with Crippen LogP contribution in [0.15, 0.2) is 67.0 Å². The molecule has 0 radical (unpaired) electrons. The summed E-state index contributed by atoms with van der Waals surface area (Å²) in [4.78, 5) is 36.5. The van der Waals surface area contributed by atoms with Gasteiger partial charge in [-0.25, -0.2) is 18.7 Å². The lowest BCUT2D eigenvalue weighted by Crippen LogP contribution is -2.34. The number of rotatable bonds is 6. The van der Waals surface area contributed by atoms with E-state index in [1.54, 1.807) is 47.8 Å². The van der Waals surface area contributed by atoms with E-state index >= 15 is 4.39 Å². The Labute approximate surface area is 242 Å². The number of halogens is 1. The number of carbonyl (C=O) groups excluding carboxylic acids is 2. The zero-order valence-electron chi connectivity index (χ0n) is 23.7. The molecule has 0 bridgehead atoms. The normalized spacial score (nSPS) is 15.0. The van der Waals surface area contributed by atoms with Crippen molar-refractivity contribution in [2.45, 2.75) is 46.2 Å². The fourth-order valence-corrected chi connectivity index (χ4v) is 5.51. The zero-order valence-corrected chi connectivity index (χ0v) is 23.7. The number of ether oxygens (including phenoxy) is 1. The Hall–Kier alpha value is -4.86. The Morgan fingerprint density at radius 1 is 1.05 bits per heavy atom. The molecule has 5 heterocycles. The molecule has 1 atom stereocenters. The van der Waals surface area contributed by atoms with Crippen LogP contribution < -0.4 is 0 Å². The van der Waals surface area contributed by atoms with Crippen LogP contribution in [0.2, 0.25) is 0 Å². The number of esters is 1. The predicted molar refractivity (Wildman–Crippen MR) is 155 cm³/mol. The van der Waals surface area contributed by atoms with Gasteiger partial charge in [-0.3, -0.25) is 9.78 Å². The fraction of sp³-hybridized carbons (Fsp3) is 0.281. The number of aryl methyl sites for hydroxylation is 2. The number of carbonyl (C=O) groups is 2. The van der Waals surface area contributed by atoms with E-state index in [0.717, 1.165) is 24.4 Å². The molecule has 0 spiro atoms. The van der Waals surface area contributed by atoms with Crippen LogP contribution in [-0.2, 0) is 17.7 Å². The average Bonchev–Trinajstić information content (AvgIpc) is 3.62. The highest BCUT2D eigenvalue weighted by Crippen LogP contribution is 2.29. The standard InChI is InChI=1S/C32H31FN6O3/c1-4-23-17-28(31(40)38-15-7-14-37-13-6-8-29(37)20(38)3)35-30-18-27(36-39(23)30)24-11-9-21(16-25(24)33)26-12-10-22(19-34-26)32(41)42-5-2/h6,8-13,16-20H,4-5,7,14-15H2,1-3H3. The number of hydrogen-bond donors (Lipinski definition) is 0. The van der Waals surface area contributed by atoms with Gasteiger partial charge in [0, 0.05) is 54.1 Å². The van der Waals surface area contributed by atoms with Gasteiger partial charge in [-0.05, 0) is 69.2 Å². The second-order valence-corrected chi connectivity index (χ2v) is 10.3. The lowest BCUT2D eigenvalue weighted by atomic mass is 10.1. The molecule has 1 unspecified atom stereocenters. The number of amides is 1. The summed E-state index contributed by atoms with van der Waals surface area (Å²) in [5, 5.41) is 4.65. The van der Waals surface area contributed by atoms with Crippen LogP contribution in [0, 0.1) is 5.82 Å². The third-order valence-electron chi connectivity index (χ3n) is 7.72. The van der Waals surface area contributed by atoms with E-state index in [-0.39, 0.29) is 18.6 Å². The van der Waals surface area contributed by atoms with Gasteiger partial charge >= 0.3 is 5.97 Å². The van der Waals surface area contributed by atoms with Crippen LogP contribution >= 0.6 is 0 Å². The first-order chi connectivity index (χ1) is 20.4. The van der Waals surface area contributed by atoms with Crippen LogP contribution in [-0.4, -0.2) is 54.1 Å². The van der Waals surface area contributed by atoms with Crippen LogP contribution in [0.5, 0.6) is 0 Å². The first kappa shape index (κ1) is 27.3. The second kappa shape index (κ2) is 11.2. The van der Waals surface area contributed by atoms with Crippen LogP contribution in [0.1, 0.15) is 65.5 Å². The molecule has 0 aliphatic carbocycles. The molecule has 1 aromatic carbocycles. The molecule has 0 fully saturated rings. The fourth-order valence-electron chi connectivity index (χ4n) is 5.51. The summed E-state index contributed by atoms with van der Waals surface area (Å²) >= 11 is 0. The summed E-state index contributed by atoms with van der Waals surface area (Å²) in [5.41, 5.74) is 4.90. The van der Waals surface area contributed by atoms with Crippen LogP contribution in [0.3, 0.4) is 0 Å². The molecule has 1 aliphatic rings. The van der Waals surface area contributed by atoms with Crippen LogP contribution in [0.25, 0.3) is 28.2 Å². The van der Waals surface area contributed by atoms with Crippen molar-refractivity contribution in [3.8, 4) is 22.5 Å².